The second-order valence-corrected chi connectivity index (χ2v) is 6.38. The van der Waals surface area contributed by atoms with Gasteiger partial charge in [-0.15, -0.1) is 0 Å². The van der Waals surface area contributed by atoms with Crippen molar-refractivity contribution in [2.45, 2.75) is 25.0 Å². The van der Waals surface area contributed by atoms with Crippen molar-refractivity contribution < 1.29 is 14.5 Å². The molecule has 0 radical (unpaired) electrons. The van der Waals surface area contributed by atoms with E-state index in [1.807, 2.05) is 0 Å². The summed E-state index contributed by atoms with van der Waals surface area (Å²) < 4.78 is 4.71. The van der Waals surface area contributed by atoms with Gasteiger partial charge in [0.15, 0.2) is 0 Å². The van der Waals surface area contributed by atoms with Crippen molar-refractivity contribution in [3.8, 4) is 0 Å². The molecular formula is C14H18N2O4S. The molecule has 2 rings (SSSR count). The van der Waals surface area contributed by atoms with E-state index in [-0.39, 0.29) is 22.8 Å². The largest absolute Gasteiger partial charge is 0.469 e. The monoisotopic (exact) mass is 310 g/mol. The van der Waals surface area contributed by atoms with Gasteiger partial charge >= 0.3 is 5.97 Å². The highest BCUT2D eigenvalue weighted by Gasteiger charge is 2.44. The average molecular weight is 310 g/mol. The number of hydrogen-bond donors (Lipinski definition) is 1. The molecule has 0 amide bonds. The Kier molecular flexibility index (Phi) is 4.72. The van der Waals surface area contributed by atoms with Gasteiger partial charge in [0.25, 0.3) is 5.69 Å². The van der Waals surface area contributed by atoms with E-state index in [1.165, 1.54) is 13.2 Å². The molecule has 2 N–H and O–H groups in total. The highest BCUT2D eigenvalue weighted by molar-refractivity contribution is 7.98. The number of benzene rings is 1. The predicted molar refractivity (Wildman–Crippen MR) is 82.0 cm³/mol. The van der Waals surface area contributed by atoms with Gasteiger partial charge in [-0.2, -0.15) is 11.8 Å². The number of nitrogen functional groups attached to an aromatic ring is 1. The number of methoxy groups -OCH3 is 1. The zero-order valence-electron chi connectivity index (χ0n) is 11.8. The molecule has 7 heteroatoms. The number of anilines is 1. The number of carbonyl (C=O) groups is 1. The first kappa shape index (κ1) is 15.6. The van der Waals surface area contributed by atoms with Crippen LogP contribution in [0.15, 0.2) is 18.2 Å². The molecule has 0 bridgehead atoms. The maximum atomic E-state index is 11.3. The molecule has 0 unspecified atom stereocenters. The third-order valence-electron chi connectivity index (χ3n) is 3.67. The third-order valence-corrected chi connectivity index (χ3v) is 5.02. The summed E-state index contributed by atoms with van der Waals surface area (Å²) >= 11 is 1.72. The molecule has 1 aromatic rings. The standard InChI is InChI=1S/C14H18N2O4S/c1-20-13(17)7-14(4-5-14)9-21-8-10-2-3-12(16(18)19)11(15)6-10/h2-3,6H,4-5,7-9,15H2,1H3. The molecule has 0 saturated heterocycles. The van der Waals surface area contributed by atoms with Crippen LogP contribution >= 0.6 is 11.8 Å². The number of carbonyl (C=O) groups excluding carboxylic acids is 1. The maximum absolute atomic E-state index is 11.3. The summed E-state index contributed by atoms with van der Waals surface area (Å²) in [7, 11) is 1.41. The van der Waals surface area contributed by atoms with Gasteiger partial charge in [0, 0.05) is 11.8 Å². The molecule has 1 saturated carbocycles. The number of esters is 1. The van der Waals surface area contributed by atoms with Gasteiger partial charge in [-0.25, -0.2) is 0 Å². The Morgan fingerprint density at radius 1 is 1.52 bits per heavy atom. The van der Waals surface area contributed by atoms with E-state index in [2.05, 4.69) is 0 Å². The Balaban J connectivity index is 1.85. The molecule has 0 aromatic heterocycles. The van der Waals surface area contributed by atoms with E-state index in [9.17, 15) is 14.9 Å². The SMILES string of the molecule is COC(=O)CC1(CSCc2ccc([N+](=O)[O-])c(N)c2)CC1. The van der Waals surface area contributed by atoms with Gasteiger partial charge in [0.2, 0.25) is 0 Å². The average Bonchev–Trinajstić information content (AvgIpc) is 3.18. The Labute approximate surface area is 127 Å². The van der Waals surface area contributed by atoms with Gasteiger partial charge in [0.05, 0.1) is 18.5 Å². The molecule has 1 aliphatic rings. The van der Waals surface area contributed by atoms with Crippen LogP contribution in [0.3, 0.4) is 0 Å². The van der Waals surface area contributed by atoms with E-state index < -0.39 is 4.92 Å². The molecule has 0 spiro atoms. The minimum absolute atomic E-state index is 0.0619. The molecular weight excluding hydrogens is 292 g/mol. The molecule has 6 nitrogen and oxygen atoms in total. The van der Waals surface area contributed by atoms with Crippen molar-refractivity contribution in [1.82, 2.24) is 0 Å². The Morgan fingerprint density at radius 3 is 2.76 bits per heavy atom. The predicted octanol–water partition coefficient (Wildman–Crippen LogP) is 2.75. The molecule has 0 aliphatic heterocycles. The summed E-state index contributed by atoms with van der Waals surface area (Å²) in [4.78, 5) is 21.5. The van der Waals surface area contributed by atoms with Crippen molar-refractivity contribution in [3.05, 3.63) is 33.9 Å². The lowest BCUT2D eigenvalue weighted by Crippen LogP contribution is -2.13. The second kappa shape index (κ2) is 6.34. The number of nitrogens with zero attached hydrogens (tertiary/aromatic N) is 1. The zero-order valence-corrected chi connectivity index (χ0v) is 12.6. The van der Waals surface area contributed by atoms with Crippen molar-refractivity contribution in [2.75, 3.05) is 18.6 Å². The number of nitro benzene ring substituents is 1. The smallest absolute Gasteiger partial charge is 0.306 e. The van der Waals surface area contributed by atoms with E-state index in [4.69, 9.17) is 10.5 Å². The molecule has 0 atom stereocenters. The Morgan fingerprint density at radius 2 is 2.24 bits per heavy atom. The first-order valence-electron chi connectivity index (χ1n) is 6.63. The van der Waals surface area contributed by atoms with Crippen molar-refractivity contribution in [1.29, 1.82) is 0 Å². The second-order valence-electron chi connectivity index (χ2n) is 5.40. The lowest BCUT2D eigenvalue weighted by atomic mass is 10.1. The summed E-state index contributed by atoms with van der Waals surface area (Å²) in [6, 6.07) is 4.80. The van der Waals surface area contributed by atoms with E-state index in [1.54, 1.807) is 23.9 Å². The van der Waals surface area contributed by atoms with Crippen molar-refractivity contribution >= 4 is 29.1 Å². The van der Waals surface area contributed by atoms with E-state index >= 15 is 0 Å². The van der Waals surface area contributed by atoms with Crippen LogP contribution in [0, 0.1) is 15.5 Å². The summed E-state index contributed by atoms with van der Waals surface area (Å²) in [5.74, 6) is 1.46. The van der Waals surface area contributed by atoms with Crippen molar-refractivity contribution in [3.63, 3.8) is 0 Å². The topological polar surface area (TPSA) is 95.5 Å². The Hall–Kier alpha value is -1.76. The van der Waals surface area contributed by atoms with Gasteiger partial charge < -0.3 is 10.5 Å². The minimum Gasteiger partial charge on any atom is -0.469 e. The summed E-state index contributed by atoms with van der Waals surface area (Å²) in [5, 5.41) is 10.7. The zero-order chi connectivity index (χ0) is 15.5. The van der Waals surface area contributed by atoms with Crippen LogP contribution < -0.4 is 5.73 Å². The highest BCUT2D eigenvalue weighted by atomic mass is 32.2. The molecule has 21 heavy (non-hydrogen) atoms. The number of nitrogens with two attached hydrogens (primary N) is 1. The minimum atomic E-state index is -0.484. The van der Waals surface area contributed by atoms with E-state index in [0.29, 0.717) is 6.42 Å². The molecule has 114 valence electrons. The summed E-state index contributed by atoms with van der Waals surface area (Å²) in [6.45, 7) is 0. The summed E-state index contributed by atoms with van der Waals surface area (Å²) in [6.07, 6.45) is 2.58. The van der Waals surface area contributed by atoms with Gasteiger partial charge in [-0.3, -0.25) is 14.9 Å². The fourth-order valence-corrected chi connectivity index (χ4v) is 3.51. The maximum Gasteiger partial charge on any atom is 0.306 e. The number of nitro groups is 1. The normalized spacial score (nSPS) is 15.5. The third kappa shape index (κ3) is 4.10. The van der Waals surface area contributed by atoms with Crippen LogP contribution in [0.25, 0.3) is 0 Å². The number of rotatable bonds is 7. The van der Waals surface area contributed by atoms with Gasteiger partial charge in [0.1, 0.15) is 5.69 Å². The van der Waals surface area contributed by atoms with Crippen molar-refractivity contribution in [2.24, 2.45) is 5.41 Å². The number of ether oxygens (including phenoxy) is 1. The molecule has 1 aromatic carbocycles. The lowest BCUT2D eigenvalue weighted by molar-refractivity contribution is -0.383. The van der Waals surface area contributed by atoms with Gasteiger partial charge in [-0.1, -0.05) is 6.07 Å². The Bertz CT molecular complexity index is 558. The first-order valence-corrected chi connectivity index (χ1v) is 7.79. The van der Waals surface area contributed by atoms with Crippen LogP contribution in [-0.4, -0.2) is 23.8 Å². The van der Waals surface area contributed by atoms with Crippen LogP contribution in [0.5, 0.6) is 0 Å². The lowest BCUT2D eigenvalue weighted by Gasteiger charge is -2.13. The quantitative estimate of drug-likeness (QED) is 0.360. The number of thioether (sulfide) groups is 1. The fraction of sp³-hybridized carbons (Fsp3) is 0.500. The molecule has 1 aliphatic carbocycles. The molecule has 1 fully saturated rings. The van der Waals surface area contributed by atoms with Crippen LogP contribution in [-0.2, 0) is 15.3 Å². The van der Waals surface area contributed by atoms with Crippen LogP contribution in [0.2, 0.25) is 0 Å². The highest BCUT2D eigenvalue weighted by Crippen LogP contribution is 2.51. The van der Waals surface area contributed by atoms with Gasteiger partial charge in [-0.05, 0) is 35.6 Å². The van der Waals surface area contributed by atoms with Crippen LogP contribution in [0.1, 0.15) is 24.8 Å². The molecule has 0 heterocycles. The van der Waals surface area contributed by atoms with Crippen LogP contribution in [0.4, 0.5) is 11.4 Å². The first-order chi connectivity index (χ1) is 9.96. The fourth-order valence-electron chi connectivity index (χ4n) is 2.17. The van der Waals surface area contributed by atoms with E-state index in [0.717, 1.165) is 29.9 Å². The summed E-state index contributed by atoms with van der Waals surface area (Å²) in [5.41, 5.74) is 6.83. The number of hydrogen-bond acceptors (Lipinski definition) is 6.